The van der Waals surface area contributed by atoms with Gasteiger partial charge in [0.1, 0.15) is 5.76 Å². The summed E-state index contributed by atoms with van der Waals surface area (Å²) in [7, 11) is 3.92. The molecule has 1 aromatic rings. The summed E-state index contributed by atoms with van der Waals surface area (Å²) in [5.74, 6) is 2.39. The van der Waals surface area contributed by atoms with E-state index in [9.17, 15) is 5.11 Å². The Hall–Kier alpha value is -0.800. The van der Waals surface area contributed by atoms with Gasteiger partial charge in [-0.1, -0.05) is 19.8 Å². The van der Waals surface area contributed by atoms with E-state index in [0.29, 0.717) is 25.0 Å². The van der Waals surface area contributed by atoms with E-state index in [-0.39, 0.29) is 24.0 Å². The molecule has 3 atom stereocenters. The number of nitrogens with zero attached hydrogens (tertiary/aromatic N) is 2. The van der Waals surface area contributed by atoms with Gasteiger partial charge >= 0.3 is 0 Å². The smallest absolute Gasteiger partial charge is 0.191 e. The summed E-state index contributed by atoms with van der Waals surface area (Å²) >= 11 is 0. The summed E-state index contributed by atoms with van der Waals surface area (Å²) in [4.78, 5) is 6.67. The zero-order valence-electron chi connectivity index (χ0n) is 17.2. The summed E-state index contributed by atoms with van der Waals surface area (Å²) in [6.07, 6.45) is 7.52. The van der Waals surface area contributed by atoms with Crippen molar-refractivity contribution in [1.82, 2.24) is 15.5 Å². The Morgan fingerprint density at radius 1 is 1.37 bits per heavy atom. The SMILES string of the molecule is CC1CCCCC1NC(=NCC(C)(O)CN(C)C)NCCc1ccco1.I. The van der Waals surface area contributed by atoms with Crippen molar-refractivity contribution >= 4 is 29.9 Å². The van der Waals surface area contributed by atoms with E-state index < -0.39 is 5.60 Å². The van der Waals surface area contributed by atoms with Gasteiger partial charge in [0.25, 0.3) is 0 Å². The lowest BCUT2D eigenvalue weighted by Gasteiger charge is -2.31. The number of nitrogens with one attached hydrogen (secondary N) is 2. The molecule has 2 rings (SSSR count). The summed E-state index contributed by atoms with van der Waals surface area (Å²) in [6.45, 7) is 5.83. The molecule has 0 saturated heterocycles. The number of likely N-dealkylation sites (N-methyl/N-ethyl adjacent to an activating group) is 1. The Labute approximate surface area is 181 Å². The lowest BCUT2D eigenvalue weighted by molar-refractivity contribution is 0.0423. The molecule has 0 amide bonds. The van der Waals surface area contributed by atoms with Gasteiger partial charge in [-0.2, -0.15) is 0 Å². The van der Waals surface area contributed by atoms with Crippen LogP contribution in [0.5, 0.6) is 0 Å². The highest BCUT2D eigenvalue weighted by atomic mass is 127. The number of hydrogen-bond donors (Lipinski definition) is 3. The number of aliphatic hydroxyl groups is 1. The summed E-state index contributed by atoms with van der Waals surface area (Å²) < 4.78 is 5.39. The molecule has 1 aliphatic rings. The Bertz CT molecular complexity index is 546. The van der Waals surface area contributed by atoms with Crippen molar-refractivity contribution in [2.24, 2.45) is 10.9 Å². The van der Waals surface area contributed by atoms with Gasteiger partial charge in [0, 0.05) is 25.6 Å². The van der Waals surface area contributed by atoms with Crippen molar-refractivity contribution in [2.45, 2.75) is 57.6 Å². The van der Waals surface area contributed by atoms with E-state index in [1.165, 1.54) is 25.7 Å². The first kappa shape index (κ1) is 24.2. The summed E-state index contributed by atoms with van der Waals surface area (Å²) in [5.41, 5.74) is -0.850. The van der Waals surface area contributed by atoms with Crippen molar-refractivity contribution in [3.05, 3.63) is 24.2 Å². The predicted octanol–water partition coefficient (Wildman–Crippen LogP) is 2.87. The second kappa shape index (κ2) is 11.9. The van der Waals surface area contributed by atoms with Gasteiger partial charge in [-0.25, -0.2) is 0 Å². The van der Waals surface area contributed by atoms with Gasteiger partial charge < -0.3 is 25.1 Å². The average Bonchev–Trinajstić information content (AvgIpc) is 3.06. The highest BCUT2D eigenvalue weighted by molar-refractivity contribution is 14.0. The summed E-state index contributed by atoms with van der Waals surface area (Å²) in [6, 6.07) is 4.33. The van der Waals surface area contributed by atoms with Crippen LogP contribution in [0.2, 0.25) is 0 Å². The molecule has 0 aromatic carbocycles. The lowest BCUT2D eigenvalue weighted by Crippen LogP contribution is -2.49. The Kier molecular flexibility index (Phi) is 10.7. The fourth-order valence-electron chi connectivity index (χ4n) is 3.60. The maximum atomic E-state index is 10.5. The fraction of sp³-hybridized carbons (Fsp3) is 0.750. The largest absolute Gasteiger partial charge is 0.469 e. The highest BCUT2D eigenvalue weighted by Crippen LogP contribution is 2.23. The number of hydrogen-bond acceptors (Lipinski definition) is 4. The molecule has 1 aliphatic carbocycles. The van der Waals surface area contributed by atoms with E-state index >= 15 is 0 Å². The topological polar surface area (TPSA) is 73.0 Å². The van der Waals surface area contributed by atoms with Crippen molar-refractivity contribution in [1.29, 1.82) is 0 Å². The van der Waals surface area contributed by atoms with Crippen molar-refractivity contribution in [3.8, 4) is 0 Å². The molecule has 1 saturated carbocycles. The molecule has 6 nitrogen and oxygen atoms in total. The molecule has 1 heterocycles. The third-order valence-electron chi connectivity index (χ3n) is 4.91. The minimum Gasteiger partial charge on any atom is -0.469 e. The van der Waals surface area contributed by atoms with E-state index in [0.717, 1.165) is 24.7 Å². The van der Waals surface area contributed by atoms with Crippen LogP contribution in [0, 0.1) is 5.92 Å². The molecule has 0 bridgehead atoms. The van der Waals surface area contributed by atoms with Gasteiger partial charge in [-0.3, -0.25) is 4.99 Å². The lowest BCUT2D eigenvalue weighted by atomic mass is 9.86. The second-order valence-corrected chi connectivity index (χ2v) is 8.17. The van der Waals surface area contributed by atoms with Crippen LogP contribution in [-0.4, -0.2) is 61.3 Å². The quantitative estimate of drug-likeness (QED) is 0.296. The number of guanidine groups is 1. The number of furan rings is 1. The monoisotopic (exact) mass is 492 g/mol. The predicted molar refractivity (Wildman–Crippen MR) is 122 cm³/mol. The molecular weight excluding hydrogens is 455 g/mol. The number of aliphatic imine (C=N–C) groups is 1. The van der Waals surface area contributed by atoms with Crippen LogP contribution in [0.4, 0.5) is 0 Å². The average molecular weight is 492 g/mol. The Morgan fingerprint density at radius 3 is 2.74 bits per heavy atom. The first-order valence-electron chi connectivity index (χ1n) is 9.80. The first-order chi connectivity index (χ1) is 12.4. The van der Waals surface area contributed by atoms with Gasteiger partial charge in [-0.05, 0) is 51.9 Å². The molecule has 3 N–H and O–H groups in total. The molecule has 1 aromatic heterocycles. The maximum absolute atomic E-state index is 10.5. The molecule has 7 heteroatoms. The van der Waals surface area contributed by atoms with Crippen molar-refractivity contribution < 1.29 is 9.52 Å². The number of halogens is 1. The molecule has 0 spiro atoms. The van der Waals surface area contributed by atoms with Crippen molar-refractivity contribution in [3.63, 3.8) is 0 Å². The fourth-order valence-corrected chi connectivity index (χ4v) is 3.60. The number of rotatable bonds is 8. The van der Waals surface area contributed by atoms with Gasteiger partial charge in [0.05, 0.1) is 18.4 Å². The van der Waals surface area contributed by atoms with Crippen LogP contribution in [-0.2, 0) is 6.42 Å². The Morgan fingerprint density at radius 2 is 2.11 bits per heavy atom. The minimum absolute atomic E-state index is 0. The van der Waals surface area contributed by atoms with E-state index in [4.69, 9.17) is 4.42 Å². The van der Waals surface area contributed by atoms with E-state index in [2.05, 4.69) is 22.5 Å². The molecule has 3 unspecified atom stereocenters. The van der Waals surface area contributed by atoms with Crippen LogP contribution < -0.4 is 10.6 Å². The normalized spacial score (nSPS) is 22.8. The molecular formula is C20H37IN4O2. The minimum atomic E-state index is -0.850. The maximum Gasteiger partial charge on any atom is 0.191 e. The molecule has 27 heavy (non-hydrogen) atoms. The Balaban J connectivity index is 0.00000364. The van der Waals surface area contributed by atoms with Crippen LogP contribution in [0.3, 0.4) is 0 Å². The van der Waals surface area contributed by atoms with Crippen LogP contribution in [0.1, 0.15) is 45.3 Å². The second-order valence-electron chi connectivity index (χ2n) is 8.17. The van der Waals surface area contributed by atoms with Gasteiger partial charge in [-0.15, -0.1) is 24.0 Å². The summed E-state index contributed by atoms with van der Waals surface area (Å²) in [5, 5.41) is 17.5. The first-order valence-corrected chi connectivity index (χ1v) is 9.80. The zero-order chi connectivity index (χ0) is 19.0. The third-order valence-corrected chi connectivity index (χ3v) is 4.91. The molecule has 0 radical (unpaired) electrons. The molecule has 1 fully saturated rings. The highest BCUT2D eigenvalue weighted by Gasteiger charge is 2.24. The van der Waals surface area contributed by atoms with Gasteiger partial charge in [0.15, 0.2) is 5.96 Å². The van der Waals surface area contributed by atoms with Crippen LogP contribution in [0.25, 0.3) is 0 Å². The van der Waals surface area contributed by atoms with E-state index in [1.807, 2.05) is 38.1 Å². The zero-order valence-corrected chi connectivity index (χ0v) is 19.5. The van der Waals surface area contributed by atoms with Gasteiger partial charge in [0.2, 0.25) is 0 Å². The van der Waals surface area contributed by atoms with Crippen LogP contribution in [0.15, 0.2) is 27.8 Å². The standard InChI is InChI=1S/C20H36N4O2.HI/c1-16-8-5-6-10-18(16)23-19(21-12-11-17-9-7-13-26-17)22-14-20(2,25)15-24(3)4;/h7,9,13,16,18,25H,5-6,8,10-12,14-15H2,1-4H3,(H2,21,22,23);1H. The van der Waals surface area contributed by atoms with E-state index in [1.54, 1.807) is 6.26 Å². The molecule has 156 valence electrons. The van der Waals surface area contributed by atoms with Crippen molar-refractivity contribution in [2.75, 3.05) is 33.7 Å². The molecule has 0 aliphatic heterocycles. The van der Waals surface area contributed by atoms with Crippen LogP contribution >= 0.6 is 24.0 Å². The third kappa shape index (κ3) is 9.30.